The van der Waals surface area contributed by atoms with Crippen LogP contribution in [0.2, 0.25) is 0 Å². The van der Waals surface area contributed by atoms with Gasteiger partial charge in [-0.15, -0.1) is 24.0 Å². The molecule has 2 N–H and O–H groups in total. The zero-order chi connectivity index (χ0) is 17.8. The summed E-state index contributed by atoms with van der Waals surface area (Å²) in [5.74, 6) is 0.454. The number of nitrogens with zero attached hydrogens (tertiary/aromatic N) is 2. The molecule has 0 spiro atoms. The maximum Gasteiger partial charge on any atom is 0.307 e. The van der Waals surface area contributed by atoms with E-state index >= 15 is 0 Å². The molecule has 1 aromatic carbocycles. The van der Waals surface area contributed by atoms with Crippen molar-refractivity contribution in [1.29, 1.82) is 0 Å². The van der Waals surface area contributed by atoms with Crippen molar-refractivity contribution in [3.63, 3.8) is 0 Å². The summed E-state index contributed by atoms with van der Waals surface area (Å²) in [6, 6.07) is 10.7. The van der Waals surface area contributed by atoms with Crippen molar-refractivity contribution in [1.82, 2.24) is 15.5 Å². The van der Waals surface area contributed by atoms with Gasteiger partial charge in [-0.25, -0.2) is 0 Å². The molecular formula is C18H31IN4O2. The predicted molar refractivity (Wildman–Crippen MR) is 114 cm³/mol. The number of rotatable bonds is 9. The fourth-order valence-electron chi connectivity index (χ4n) is 2.60. The molecule has 0 saturated carbocycles. The van der Waals surface area contributed by atoms with Gasteiger partial charge in [0.05, 0.1) is 19.6 Å². The van der Waals surface area contributed by atoms with Crippen molar-refractivity contribution in [2.45, 2.75) is 26.3 Å². The third-order valence-electron chi connectivity index (χ3n) is 3.97. The molecule has 1 aromatic rings. The van der Waals surface area contributed by atoms with Crippen LogP contribution in [0.5, 0.6) is 0 Å². The van der Waals surface area contributed by atoms with Crippen LogP contribution < -0.4 is 10.6 Å². The zero-order valence-electron chi connectivity index (χ0n) is 15.6. The lowest BCUT2D eigenvalue weighted by atomic mass is 10.1. The second-order valence-electron chi connectivity index (χ2n) is 5.35. The minimum Gasteiger partial charge on any atom is -0.469 e. The Kier molecular flexibility index (Phi) is 13.1. The lowest BCUT2D eigenvalue weighted by molar-refractivity contribution is -0.140. The molecule has 0 saturated heterocycles. The Hall–Kier alpha value is -1.35. The van der Waals surface area contributed by atoms with Gasteiger partial charge in [-0.2, -0.15) is 0 Å². The monoisotopic (exact) mass is 462 g/mol. The number of hydrogen-bond acceptors (Lipinski definition) is 4. The van der Waals surface area contributed by atoms with E-state index in [-0.39, 0.29) is 36.0 Å². The Morgan fingerprint density at radius 2 is 1.84 bits per heavy atom. The average Bonchev–Trinajstić information content (AvgIpc) is 2.63. The van der Waals surface area contributed by atoms with Gasteiger partial charge in [-0.1, -0.05) is 44.2 Å². The number of ether oxygens (including phenoxy) is 1. The first kappa shape index (κ1) is 23.6. The number of aliphatic imine (C=N–C) groups is 1. The van der Waals surface area contributed by atoms with Crippen molar-refractivity contribution in [3.8, 4) is 0 Å². The van der Waals surface area contributed by atoms with Crippen LogP contribution in [0.1, 0.15) is 31.9 Å². The highest BCUT2D eigenvalue weighted by Gasteiger charge is 2.18. The summed E-state index contributed by atoms with van der Waals surface area (Å²) < 4.78 is 4.64. The van der Waals surface area contributed by atoms with Gasteiger partial charge in [0.2, 0.25) is 0 Å². The summed E-state index contributed by atoms with van der Waals surface area (Å²) in [4.78, 5) is 17.8. The first-order valence-electron chi connectivity index (χ1n) is 8.46. The molecular weight excluding hydrogens is 431 g/mol. The maximum atomic E-state index is 11.2. The number of halogens is 1. The quantitative estimate of drug-likeness (QED) is 0.256. The van der Waals surface area contributed by atoms with E-state index in [0.717, 1.165) is 19.6 Å². The topological polar surface area (TPSA) is 66.0 Å². The minimum absolute atomic E-state index is 0. The smallest absolute Gasteiger partial charge is 0.307 e. The Balaban J connectivity index is 0.00000576. The molecule has 0 aliphatic carbocycles. The van der Waals surface area contributed by atoms with Crippen LogP contribution in [-0.2, 0) is 9.53 Å². The van der Waals surface area contributed by atoms with E-state index in [1.807, 2.05) is 6.07 Å². The van der Waals surface area contributed by atoms with Gasteiger partial charge in [0.25, 0.3) is 0 Å². The molecule has 0 fully saturated rings. The molecule has 0 heterocycles. The summed E-state index contributed by atoms with van der Waals surface area (Å²) >= 11 is 0. The van der Waals surface area contributed by atoms with Crippen LogP contribution in [0.3, 0.4) is 0 Å². The number of carbonyl (C=O) groups excluding carboxylic acids is 1. The van der Waals surface area contributed by atoms with Crippen molar-refractivity contribution in [2.75, 3.05) is 40.3 Å². The van der Waals surface area contributed by atoms with E-state index in [1.165, 1.54) is 12.7 Å². The Bertz CT molecular complexity index is 507. The van der Waals surface area contributed by atoms with Crippen molar-refractivity contribution in [2.24, 2.45) is 4.99 Å². The number of methoxy groups -OCH3 is 1. The molecule has 0 aliphatic rings. The van der Waals surface area contributed by atoms with E-state index in [2.05, 4.69) is 63.4 Å². The maximum absolute atomic E-state index is 11.2. The zero-order valence-corrected chi connectivity index (χ0v) is 17.9. The van der Waals surface area contributed by atoms with Crippen molar-refractivity contribution < 1.29 is 9.53 Å². The molecule has 142 valence electrons. The number of likely N-dealkylation sites (N-methyl/N-ethyl adjacent to an activating group) is 1. The lowest BCUT2D eigenvalue weighted by Gasteiger charge is -2.30. The summed E-state index contributed by atoms with van der Waals surface area (Å²) in [5.41, 5.74) is 1.28. The fourth-order valence-corrected chi connectivity index (χ4v) is 2.60. The van der Waals surface area contributed by atoms with Gasteiger partial charge < -0.3 is 15.4 Å². The van der Waals surface area contributed by atoms with Gasteiger partial charge in [-0.3, -0.25) is 14.7 Å². The standard InChI is InChI=1S/C18H30N4O2.HI/c1-5-22(6-2)16(15-10-8-7-9-11-15)14-21-18(19-3)20-13-12-17(23)24-4;/h7-11,16H,5-6,12-14H2,1-4H3,(H2,19,20,21);1H. The van der Waals surface area contributed by atoms with Crippen molar-refractivity contribution >= 4 is 35.9 Å². The van der Waals surface area contributed by atoms with Gasteiger partial charge in [0, 0.05) is 20.1 Å². The first-order valence-corrected chi connectivity index (χ1v) is 8.46. The highest BCUT2D eigenvalue weighted by molar-refractivity contribution is 14.0. The molecule has 0 aromatic heterocycles. The summed E-state index contributed by atoms with van der Waals surface area (Å²) in [7, 11) is 3.12. The third-order valence-corrected chi connectivity index (χ3v) is 3.97. The number of guanidine groups is 1. The predicted octanol–water partition coefficient (Wildman–Crippen LogP) is 2.42. The van der Waals surface area contributed by atoms with E-state index in [4.69, 9.17) is 0 Å². The lowest BCUT2D eigenvalue weighted by Crippen LogP contribution is -2.43. The van der Waals surface area contributed by atoms with E-state index in [1.54, 1.807) is 7.05 Å². The number of carbonyl (C=O) groups is 1. The van der Waals surface area contributed by atoms with E-state index < -0.39 is 0 Å². The third kappa shape index (κ3) is 8.53. The highest BCUT2D eigenvalue weighted by atomic mass is 127. The molecule has 0 amide bonds. The Morgan fingerprint density at radius 3 is 2.36 bits per heavy atom. The summed E-state index contributed by atoms with van der Waals surface area (Å²) in [6.45, 7) is 7.53. The molecule has 25 heavy (non-hydrogen) atoms. The Labute approximate surface area is 168 Å². The number of esters is 1. The first-order chi connectivity index (χ1) is 11.7. The van der Waals surface area contributed by atoms with Gasteiger partial charge in [-0.05, 0) is 18.7 Å². The van der Waals surface area contributed by atoms with Crippen LogP contribution in [0.4, 0.5) is 0 Å². The van der Waals surface area contributed by atoms with Crippen LogP contribution in [0.15, 0.2) is 35.3 Å². The van der Waals surface area contributed by atoms with Crippen LogP contribution in [-0.4, -0.2) is 57.2 Å². The summed E-state index contributed by atoms with van der Waals surface area (Å²) in [5, 5.41) is 6.49. The molecule has 0 bridgehead atoms. The number of hydrogen-bond donors (Lipinski definition) is 2. The average molecular weight is 462 g/mol. The van der Waals surface area contributed by atoms with Crippen LogP contribution in [0, 0.1) is 0 Å². The van der Waals surface area contributed by atoms with Gasteiger partial charge >= 0.3 is 5.97 Å². The minimum atomic E-state index is -0.233. The van der Waals surface area contributed by atoms with Gasteiger partial charge in [0.1, 0.15) is 0 Å². The molecule has 0 aliphatic heterocycles. The van der Waals surface area contributed by atoms with E-state index in [9.17, 15) is 4.79 Å². The Morgan fingerprint density at radius 1 is 1.20 bits per heavy atom. The van der Waals surface area contributed by atoms with Crippen LogP contribution in [0.25, 0.3) is 0 Å². The van der Waals surface area contributed by atoms with E-state index in [0.29, 0.717) is 18.9 Å². The number of nitrogens with one attached hydrogen (secondary N) is 2. The van der Waals surface area contributed by atoms with Gasteiger partial charge in [0.15, 0.2) is 5.96 Å². The molecule has 1 atom stereocenters. The number of benzene rings is 1. The fraction of sp³-hybridized carbons (Fsp3) is 0.556. The second kappa shape index (κ2) is 13.9. The highest BCUT2D eigenvalue weighted by Crippen LogP contribution is 2.19. The second-order valence-corrected chi connectivity index (χ2v) is 5.35. The molecule has 7 heteroatoms. The summed E-state index contributed by atoms with van der Waals surface area (Å²) in [6.07, 6.45) is 0.315. The normalized spacial score (nSPS) is 12.3. The molecule has 1 unspecified atom stereocenters. The van der Waals surface area contributed by atoms with Crippen molar-refractivity contribution in [3.05, 3.63) is 35.9 Å². The van der Waals surface area contributed by atoms with Crippen LogP contribution >= 0.6 is 24.0 Å². The largest absolute Gasteiger partial charge is 0.469 e. The molecule has 0 radical (unpaired) electrons. The molecule has 1 rings (SSSR count). The molecule has 6 nitrogen and oxygen atoms in total. The SMILES string of the molecule is CCN(CC)C(CNC(=NC)NCCC(=O)OC)c1ccccc1.I.